The zero-order chi connectivity index (χ0) is 13.3. The number of aryl methyl sites for hydroxylation is 2. The van der Waals surface area contributed by atoms with Crippen LogP contribution in [0.25, 0.3) is 11.3 Å². The van der Waals surface area contributed by atoms with Crippen LogP contribution in [-0.2, 0) is 5.60 Å². The van der Waals surface area contributed by atoms with Crippen molar-refractivity contribution in [2.75, 3.05) is 0 Å². The Morgan fingerprint density at radius 3 is 2.39 bits per heavy atom. The van der Waals surface area contributed by atoms with E-state index < -0.39 is 5.60 Å². The Balaban J connectivity index is 2.48. The van der Waals surface area contributed by atoms with E-state index >= 15 is 0 Å². The van der Waals surface area contributed by atoms with Crippen molar-refractivity contribution in [2.45, 2.75) is 33.3 Å². The van der Waals surface area contributed by atoms with E-state index in [1.807, 2.05) is 12.1 Å². The highest BCUT2D eigenvalue weighted by molar-refractivity contribution is 5.60. The molecule has 1 aromatic carbocycles. The Morgan fingerprint density at radius 1 is 1.06 bits per heavy atom. The van der Waals surface area contributed by atoms with Crippen LogP contribution in [0.1, 0.15) is 30.8 Å². The molecular weight excluding hydrogens is 224 g/mol. The Bertz CT molecular complexity index is 571. The molecule has 0 saturated heterocycles. The van der Waals surface area contributed by atoms with Gasteiger partial charge in [0.25, 0.3) is 0 Å². The van der Waals surface area contributed by atoms with Crippen LogP contribution in [0.15, 0.2) is 30.5 Å². The summed E-state index contributed by atoms with van der Waals surface area (Å²) in [6.07, 6.45) is 1.69. The van der Waals surface area contributed by atoms with Crippen molar-refractivity contribution in [1.29, 1.82) is 0 Å². The Kier molecular flexibility index (Phi) is 3.18. The Hall–Kier alpha value is -1.74. The number of hydrogen-bond donors (Lipinski definition) is 1. The second-order valence-corrected chi connectivity index (χ2v) is 5.12. The molecule has 1 heterocycles. The summed E-state index contributed by atoms with van der Waals surface area (Å²) in [5, 5.41) is 9.93. The van der Waals surface area contributed by atoms with Crippen LogP contribution in [0.4, 0.5) is 0 Å². The van der Waals surface area contributed by atoms with Crippen molar-refractivity contribution in [2.24, 2.45) is 0 Å². The molecule has 0 aliphatic carbocycles. The third-order valence-electron chi connectivity index (χ3n) is 3.01. The molecule has 0 saturated carbocycles. The molecule has 2 aromatic rings. The first-order valence-electron chi connectivity index (χ1n) is 6.01. The van der Waals surface area contributed by atoms with E-state index in [0.29, 0.717) is 5.82 Å². The average Bonchev–Trinajstić information content (AvgIpc) is 2.32. The lowest BCUT2D eigenvalue weighted by Gasteiger charge is -2.16. The smallest absolute Gasteiger partial charge is 0.159 e. The van der Waals surface area contributed by atoms with E-state index in [1.165, 1.54) is 11.1 Å². The second kappa shape index (κ2) is 4.50. The van der Waals surface area contributed by atoms with Crippen LogP contribution in [0.3, 0.4) is 0 Å². The molecule has 1 N–H and O–H groups in total. The lowest BCUT2D eigenvalue weighted by Crippen LogP contribution is -2.19. The number of hydrogen-bond acceptors (Lipinski definition) is 3. The van der Waals surface area contributed by atoms with Crippen molar-refractivity contribution in [1.82, 2.24) is 9.97 Å². The maximum absolute atomic E-state index is 9.93. The first-order valence-corrected chi connectivity index (χ1v) is 6.01. The number of benzene rings is 1. The van der Waals surface area contributed by atoms with Gasteiger partial charge in [0, 0.05) is 11.8 Å². The van der Waals surface area contributed by atoms with Crippen LogP contribution < -0.4 is 0 Å². The molecule has 3 heteroatoms. The molecule has 0 aliphatic heterocycles. The number of nitrogens with zero attached hydrogens (tertiary/aromatic N) is 2. The SMILES string of the molecule is Cc1ccc(-c2ccnc(C(C)(C)O)n2)cc1C. The molecular formula is C15H18N2O. The highest BCUT2D eigenvalue weighted by Crippen LogP contribution is 2.22. The van der Waals surface area contributed by atoms with Gasteiger partial charge in [-0.05, 0) is 51.0 Å². The van der Waals surface area contributed by atoms with Crippen LogP contribution in [0.5, 0.6) is 0 Å². The summed E-state index contributed by atoms with van der Waals surface area (Å²) >= 11 is 0. The first kappa shape index (κ1) is 12.7. The monoisotopic (exact) mass is 242 g/mol. The number of aromatic nitrogens is 2. The lowest BCUT2D eigenvalue weighted by molar-refractivity contribution is 0.0688. The molecule has 1 aromatic heterocycles. The van der Waals surface area contributed by atoms with Gasteiger partial charge in [0.2, 0.25) is 0 Å². The van der Waals surface area contributed by atoms with E-state index in [1.54, 1.807) is 20.0 Å². The molecule has 0 unspecified atom stereocenters. The average molecular weight is 242 g/mol. The maximum atomic E-state index is 9.93. The molecule has 0 fully saturated rings. The zero-order valence-corrected chi connectivity index (χ0v) is 11.2. The fourth-order valence-electron chi connectivity index (χ4n) is 1.71. The van der Waals surface area contributed by atoms with Crippen molar-refractivity contribution in [3.05, 3.63) is 47.4 Å². The van der Waals surface area contributed by atoms with E-state index in [4.69, 9.17) is 0 Å². The minimum Gasteiger partial charge on any atom is -0.382 e. The standard InChI is InChI=1S/C15H18N2O/c1-10-5-6-12(9-11(10)2)13-7-8-16-14(17-13)15(3,4)18/h5-9,18H,1-4H3. The summed E-state index contributed by atoms with van der Waals surface area (Å²) in [7, 11) is 0. The van der Waals surface area contributed by atoms with Gasteiger partial charge in [0.15, 0.2) is 5.82 Å². The van der Waals surface area contributed by atoms with Gasteiger partial charge in [-0.3, -0.25) is 0 Å². The molecule has 0 atom stereocenters. The fourth-order valence-corrected chi connectivity index (χ4v) is 1.71. The van der Waals surface area contributed by atoms with E-state index in [0.717, 1.165) is 11.3 Å². The van der Waals surface area contributed by atoms with E-state index in [-0.39, 0.29) is 0 Å². The largest absolute Gasteiger partial charge is 0.382 e. The maximum Gasteiger partial charge on any atom is 0.159 e. The van der Waals surface area contributed by atoms with Gasteiger partial charge >= 0.3 is 0 Å². The third-order valence-corrected chi connectivity index (χ3v) is 3.01. The van der Waals surface area contributed by atoms with Gasteiger partial charge < -0.3 is 5.11 Å². The zero-order valence-electron chi connectivity index (χ0n) is 11.2. The molecule has 0 aliphatic rings. The predicted molar refractivity (Wildman–Crippen MR) is 72.2 cm³/mol. The highest BCUT2D eigenvalue weighted by Gasteiger charge is 2.19. The van der Waals surface area contributed by atoms with Crippen LogP contribution in [0, 0.1) is 13.8 Å². The number of rotatable bonds is 2. The molecule has 0 spiro atoms. The first-order chi connectivity index (χ1) is 8.38. The molecule has 2 rings (SSSR count). The van der Waals surface area contributed by atoms with Gasteiger partial charge in [-0.1, -0.05) is 12.1 Å². The molecule has 0 radical (unpaired) electrons. The summed E-state index contributed by atoms with van der Waals surface area (Å²) in [6.45, 7) is 7.54. The summed E-state index contributed by atoms with van der Waals surface area (Å²) in [5.41, 5.74) is 3.36. The van der Waals surface area contributed by atoms with Gasteiger partial charge in [0.05, 0.1) is 5.69 Å². The van der Waals surface area contributed by atoms with Gasteiger partial charge in [0.1, 0.15) is 5.60 Å². The van der Waals surface area contributed by atoms with Crippen molar-refractivity contribution in [3.63, 3.8) is 0 Å². The Morgan fingerprint density at radius 2 is 1.78 bits per heavy atom. The quantitative estimate of drug-likeness (QED) is 0.880. The van der Waals surface area contributed by atoms with Crippen LogP contribution in [0.2, 0.25) is 0 Å². The molecule has 94 valence electrons. The summed E-state index contributed by atoms with van der Waals surface area (Å²) < 4.78 is 0. The van der Waals surface area contributed by atoms with Gasteiger partial charge in [-0.15, -0.1) is 0 Å². The lowest BCUT2D eigenvalue weighted by atomic mass is 10.0. The minimum atomic E-state index is -1.02. The third kappa shape index (κ3) is 2.57. The Labute approximate surface area is 108 Å². The van der Waals surface area contributed by atoms with Crippen LogP contribution >= 0.6 is 0 Å². The second-order valence-electron chi connectivity index (χ2n) is 5.12. The summed E-state index contributed by atoms with van der Waals surface area (Å²) in [4.78, 5) is 8.54. The van der Waals surface area contributed by atoms with Crippen molar-refractivity contribution < 1.29 is 5.11 Å². The molecule has 0 bridgehead atoms. The molecule has 18 heavy (non-hydrogen) atoms. The predicted octanol–water partition coefficient (Wildman–Crippen LogP) is 2.99. The summed E-state index contributed by atoms with van der Waals surface area (Å²) in [5.74, 6) is 0.443. The molecule has 3 nitrogen and oxygen atoms in total. The van der Waals surface area contributed by atoms with Gasteiger partial charge in [-0.2, -0.15) is 0 Å². The van der Waals surface area contributed by atoms with Crippen LogP contribution in [-0.4, -0.2) is 15.1 Å². The minimum absolute atomic E-state index is 0.443. The topological polar surface area (TPSA) is 46.0 Å². The fraction of sp³-hybridized carbons (Fsp3) is 0.333. The van der Waals surface area contributed by atoms with E-state index in [9.17, 15) is 5.11 Å². The summed E-state index contributed by atoms with van der Waals surface area (Å²) in [6, 6.07) is 8.08. The molecule has 0 amide bonds. The normalized spacial score (nSPS) is 11.6. The highest BCUT2D eigenvalue weighted by atomic mass is 16.3. The van der Waals surface area contributed by atoms with E-state index in [2.05, 4.69) is 35.9 Å². The van der Waals surface area contributed by atoms with Crippen molar-refractivity contribution in [3.8, 4) is 11.3 Å². The van der Waals surface area contributed by atoms with Crippen molar-refractivity contribution >= 4 is 0 Å². The van der Waals surface area contributed by atoms with Gasteiger partial charge in [-0.25, -0.2) is 9.97 Å². The number of aliphatic hydroxyl groups is 1.